The number of benzene rings is 1. The summed E-state index contributed by atoms with van der Waals surface area (Å²) in [7, 11) is 0. The van der Waals surface area contributed by atoms with Gasteiger partial charge in [0, 0.05) is 10.9 Å². The lowest BCUT2D eigenvalue weighted by atomic mass is 9.86. The highest BCUT2D eigenvalue weighted by atomic mass is 35.5. The molecule has 1 aromatic carbocycles. The molecule has 2 atom stereocenters. The third-order valence-corrected chi connectivity index (χ3v) is 5.58. The van der Waals surface area contributed by atoms with Crippen LogP contribution in [0.15, 0.2) is 24.3 Å². The van der Waals surface area contributed by atoms with Gasteiger partial charge in [-0.3, -0.25) is 4.79 Å². The van der Waals surface area contributed by atoms with Crippen LogP contribution in [0.3, 0.4) is 0 Å². The minimum absolute atomic E-state index is 0.0810. The maximum atomic E-state index is 12.6. The van der Waals surface area contributed by atoms with Crippen LogP contribution in [-0.2, 0) is 4.79 Å². The monoisotopic (exact) mass is 320 g/mol. The van der Waals surface area contributed by atoms with Gasteiger partial charge in [0.1, 0.15) is 0 Å². The summed E-state index contributed by atoms with van der Waals surface area (Å²) in [5.74, 6) is 1.31. The number of carbonyl (C=O) groups is 1. The summed E-state index contributed by atoms with van der Waals surface area (Å²) in [5, 5.41) is 7.33. The number of hydrogen-bond acceptors (Lipinski definition) is 2. The standard InChI is InChI=1S/C18H25ClN2O/c1-12(15-10-20-11-15)18(22)21-17(13-4-2-3-5-13)14-6-8-16(19)9-7-14/h6-9,12-13,15,17,20H,2-5,10-11H2,1H3,(H,21,22). The van der Waals surface area contributed by atoms with Gasteiger partial charge in [-0.05, 0) is 55.5 Å². The minimum Gasteiger partial charge on any atom is -0.349 e. The van der Waals surface area contributed by atoms with E-state index in [1.807, 2.05) is 12.1 Å². The van der Waals surface area contributed by atoms with E-state index in [4.69, 9.17) is 11.6 Å². The number of rotatable bonds is 5. The van der Waals surface area contributed by atoms with E-state index >= 15 is 0 Å². The van der Waals surface area contributed by atoms with Crippen LogP contribution < -0.4 is 10.6 Å². The lowest BCUT2D eigenvalue weighted by Crippen LogP contribution is -2.50. The summed E-state index contributed by atoms with van der Waals surface area (Å²) in [6.07, 6.45) is 4.94. The molecule has 2 N–H and O–H groups in total. The summed E-state index contributed by atoms with van der Waals surface area (Å²) in [5.41, 5.74) is 1.18. The smallest absolute Gasteiger partial charge is 0.223 e. The van der Waals surface area contributed by atoms with Crippen molar-refractivity contribution in [2.45, 2.75) is 38.6 Å². The Bertz CT molecular complexity index is 506. The van der Waals surface area contributed by atoms with E-state index in [1.165, 1.54) is 31.2 Å². The normalized spacial score (nSPS) is 22.1. The Balaban J connectivity index is 1.73. The fourth-order valence-corrected chi connectivity index (χ4v) is 3.72. The lowest BCUT2D eigenvalue weighted by molar-refractivity contribution is -0.127. The molecular weight excluding hydrogens is 296 g/mol. The molecule has 1 aromatic rings. The largest absolute Gasteiger partial charge is 0.349 e. The summed E-state index contributed by atoms with van der Waals surface area (Å²) >= 11 is 6.01. The predicted molar refractivity (Wildman–Crippen MR) is 89.8 cm³/mol. The molecule has 3 rings (SSSR count). The molecule has 2 fully saturated rings. The Morgan fingerprint density at radius 3 is 2.36 bits per heavy atom. The topological polar surface area (TPSA) is 41.1 Å². The summed E-state index contributed by atoms with van der Waals surface area (Å²) in [6.45, 7) is 3.97. The summed E-state index contributed by atoms with van der Waals surface area (Å²) in [6, 6.07) is 8.08. The summed E-state index contributed by atoms with van der Waals surface area (Å²) < 4.78 is 0. The molecular formula is C18H25ClN2O. The van der Waals surface area contributed by atoms with Gasteiger partial charge >= 0.3 is 0 Å². The lowest BCUT2D eigenvalue weighted by Gasteiger charge is -2.34. The van der Waals surface area contributed by atoms with E-state index in [2.05, 4.69) is 29.7 Å². The molecule has 0 aromatic heterocycles. The van der Waals surface area contributed by atoms with Gasteiger partial charge in [-0.15, -0.1) is 0 Å². The number of halogens is 1. The van der Waals surface area contributed by atoms with Gasteiger partial charge < -0.3 is 10.6 Å². The zero-order valence-electron chi connectivity index (χ0n) is 13.1. The third-order valence-electron chi connectivity index (χ3n) is 5.33. The molecule has 1 aliphatic carbocycles. The Hall–Kier alpha value is -1.06. The molecule has 22 heavy (non-hydrogen) atoms. The molecule has 1 heterocycles. The van der Waals surface area contributed by atoms with Gasteiger partial charge in [-0.2, -0.15) is 0 Å². The van der Waals surface area contributed by atoms with E-state index in [9.17, 15) is 4.79 Å². The van der Waals surface area contributed by atoms with Gasteiger partial charge in [-0.1, -0.05) is 43.5 Å². The average molecular weight is 321 g/mol. The van der Waals surface area contributed by atoms with Crippen LogP contribution >= 0.6 is 11.6 Å². The van der Waals surface area contributed by atoms with Gasteiger partial charge in [0.25, 0.3) is 0 Å². The second kappa shape index (κ2) is 7.01. The van der Waals surface area contributed by atoms with Crippen molar-refractivity contribution < 1.29 is 4.79 Å². The van der Waals surface area contributed by atoms with Crippen LogP contribution in [0, 0.1) is 17.8 Å². The number of carbonyl (C=O) groups excluding carboxylic acids is 1. The molecule has 0 spiro atoms. The number of nitrogens with one attached hydrogen (secondary N) is 2. The van der Waals surface area contributed by atoms with E-state index in [-0.39, 0.29) is 17.9 Å². The first kappa shape index (κ1) is 15.8. The number of hydrogen-bond donors (Lipinski definition) is 2. The highest BCUT2D eigenvalue weighted by Crippen LogP contribution is 2.36. The van der Waals surface area contributed by atoms with Crippen molar-refractivity contribution in [1.82, 2.24) is 10.6 Å². The van der Waals surface area contributed by atoms with Gasteiger partial charge in [0.2, 0.25) is 5.91 Å². The predicted octanol–water partition coefficient (Wildman–Crippen LogP) is 3.54. The molecule has 4 heteroatoms. The maximum Gasteiger partial charge on any atom is 0.223 e. The van der Waals surface area contributed by atoms with Crippen molar-refractivity contribution in [3.05, 3.63) is 34.9 Å². The number of amides is 1. The van der Waals surface area contributed by atoms with Gasteiger partial charge in [0.05, 0.1) is 6.04 Å². The molecule has 1 saturated carbocycles. The SMILES string of the molecule is CC(C(=O)NC(c1ccc(Cl)cc1)C1CCCC1)C1CNC1. The Kier molecular flexibility index (Phi) is 5.04. The van der Waals surface area contributed by atoms with Crippen LogP contribution in [0.1, 0.15) is 44.2 Å². The zero-order valence-corrected chi connectivity index (χ0v) is 13.9. The fraction of sp³-hybridized carbons (Fsp3) is 0.611. The maximum absolute atomic E-state index is 12.6. The van der Waals surface area contributed by atoms with E-state index in [0.717, 1.165) is 18.1 Å². The Labute approximate surface area is 137 Å². The highest BCUT2D eigenvalue weighted by Gasteiger charge is 2.33. The van der Waals surface area contributed by atoms with E-state index in [1.54, 1.807) is 0 Å². The second-order valence-electron chi connectivity index (χ2n) is 6.79. The molecule has 3 nitrogen and oxygen atoms in total. The molecule has 0 bridgehead atoms. The zero-order chi connectivity index (χ0) is 15.5. The van der Waals surface area contributed by atoms with Crippen molar-refractivity contribution in [3.8, 4) is 0 Å². The minimum atomic E-state index is 0.0810. The van der Waals surface area contributed by atoms with Crippen LogP contribution in [0.4, 0.5) is 0 Å². The van der Waals surface area contributed by atoms with Gasteiger partial charge in [-0.25, -0.2) is 0 Å². The fourth-order valence-electron chi connectivity index (χ4n) is 3.60. The van der Waals surface area contributed by atoms with Gasteiger partial charge in [0.15, 0.2) is 0 Å². The van der Waals surface area contributed by atoms with Crippen molar-refractivity contribution in [2.75, 3.05) is 13.1 Å². The molecule has 2 unspecified atom stereocenters. The van der Waals surface area contributed by atoms with Crippen LogP contribution in [0.25, 0.3) is 0 Å². The van der Waals surface area contributed by atoms with E-state index < -0.39 is 0 Å². The molecule has 1 saturated heterocycles. The molecule has 2 aliphatic rings. The molecule has 1 aliphatic heterocycles. The van der Waals surface area contributed by atoms with Crippen molar-refractivity contribution in [1.29, 1.82) is 0 Å². The first-order chi connectivity index (χ1) is 10.6. The third kappa shape index (κ3) is 3.47. The first-order valence-corrected chi connectivity index (χ1v) is 8.79. The average Bonchev–Trinajstić information content (AvgIpc) is 2.97. The van der Waals surface area contributed by atoms with Crippen molar-refractivity contribution >= 4 is 17.5 Å². The summed E-state index contributed by atoms with van der Waals surface area (Å²) in [4.78, 5) is 12.6. The first-order valence-electron chi connectivity index (χ1n) is 8.41. The van der Waals surface area contributed by atoms with Crippen LogP contribution in [0.2, 0.25) is 5.02 Å². The van der Waals surface area contributed by atoms with E-state index in [0.29, 0.717) is 11.8 Å². The van der Waals surface area contributed by atoms with Crippen LogP contribution in [0.5, 0.6) is 0 Å². The quantitative estimate of drug-likeness (QED) is 0.871. The van der Waals surface area contributed by atoms with Crippen molar-refractivity contribution in [2.24, 2.45) is 17.8 Å². The van der Waals surface area contributed by atoms with Crippen LogP contribution in [-0.4, -0.2) is 19.0 Å². The van der Waals surface area contributed by atoms with Crippen molar-refractivity contribution in [3.63, 3.8) is 0 Å². The second-order valence-corrected chi connectivity index (χ2v) is 7.23. The highest BCUT2D eigenvalue weighted by molar-refractivity contribution is 6.30. The Morgan fingerprint density at radius 2 is 1.82 bits per heavy atom. The molecule has 120 valence electrons. The molecule has 1 amide bonds. The Morgan fingerprint density at radius 1 is 1.18 bits per heavy atom. The molecule has 0 radical (unpaired) electrons.